The van der Waals surface area contributed by atoms with Crippen LogP contribution in [0, 0.1) is 13.8 Å². The molecule has 0 aliphatic carbocycles. The number of rotatable bonds is 6. The van der Waals surface area contributed by atoms with Crippen molar-refractivity contribution in [2.75, 3.05) is 10.7 Å². The van der Waals surface area contributed by atoms with Crippen LogP contribution in [0.5, 0.6) is 0 Å². The van der Waals surface area contributed by atoms with E-state index in [2.05, 4.69) is 34.6 Å². The van der Waals surface area contributed by atoms with E-state index >= 15 is 0 Å². The van der Waals surface area contributed by atoms with Crippen molar-refractivity contribution in [3.63, 3.8) is 0 Å². The van der Waals surface area contributed by atoms with E-state index < -0.39 is 0 Å². The summed E-state index contributed by atoms with van der Waals surface area (Å²) in [5, 5.41) is 3.41. The van der Waals surface area contributed by atoms with Crippen molar-refractivity contribution in [3.05, 3.63) is 11.4 Å². The molecule has 17 heavy (non-hydrogen) atoms. The summed E-state index contributed by atoms with van der Waals surface area (Å²) in [5.74, 6) is 7.70. The summed E-state index contributed by atoms with van der Waals surface area (Å²) in [4.78, 5) is 8.65. The molecule has 5 nitrogen and oxygen atoms in total. The van der Waals surface area contributed by atoms with Crippen molar-refractivity contribution in [2.45, 2.75) is 53.0 Å². The molecule has 0 aliphatic rings. The molecule has 0 radical (unpaired) electrons. The zero-order valence-corrected chi connectivity index (χ0v) is 11.2. The smallest absolute Gasteiger partial charge is 0.148 e. The van der Waals surface area contributed by atoms with Crippen LogP contribution in [0.4, 0.5) is 11.6 Å². The Hall–Kier alpha value is -1.36. The number of hydrogen-bond acceptors (Lipinski definition) is 5. The Bertz CT molecular complexity index is 364. The van der Waals surface area contributed by atoms with Crippen LogP contribution in [0.1, 0.15) is 44.5 Å². The molecule has 5 heteroatoms. The quantitative estimate of drug-likeness (QED) is 0.523. The number of aromatic nitrogens is 2. The largest absolute Gasteiger partial charge is 0.367 e. The van der Waals surface area contributed by atoms with Gasteiger partial charge in [0.15, 0.2) is 0 Å². The number of nitrogens with two attached hydrogens (primary N) is 1. The van der Waals surface area contributed by atoms with Crippen LogP contribution in [0.2, 0.25) is 0 Å². The molecule has 0 aromatic carbocycles. The van der Waals surface area contributed by atoms with E-state index in [1.54, 1.807) is 0 Å². The number of nitrogens with one attached hydrogen (secondary N) is 2. The number of hydrazine groups is 1. The number of nitrogen functional groups attached to an aromatic ring is 1. The van der Waals surface area contributed by atoms with Gasteiger partial charge in [0.25, 0.3) is 0 Å². The van der Waals surface area contributed by atoms with Gasteiger partial charge in [0.2, 0.25) is 0 Å². The van der Waals surface area contributed by atoms with Gasteiger partial charge in [-0.1, -0.05) is 19.8 Å². The van der Waals surface area contributed by atoms with Gasteiger partial charge in [-0.2, -0.15) is 0 Å². The highest BCUT2D eigenvalue weighted by Gasteiger charge is 2.10. The van der Waals surface area contributed by atoms with E-state index in [0.29, 0.717) is 17.7 Å². The van der Waals surface area contributed by atoms with Crippen LogP contribution in [0.3, 0.4) is 0 Å². The number of unbranched alkanes of at least 4 members (excludes halogenated alkanes) is 1. The van der Waals surface area contributed by atoms with Crippen LogP contribution in [0.25, 0.3) is 0 Å². The lowest BCUT2D eigenvalue weighted by atomic mass is 10.1. The van der Waals surface area contributed by atoms with Crippen LogP contribution in [-0.2, 0) is 0 Å². The van der Waals surface area contributed by atoms with Gasteiger partial charge in [0, 0.05) is 11.6 Å². The Morgan fingerprint density at radius 3 is 2.47 bits per heavy atom. The summed E-state index contributed by atoms with van der Waals surface area (Å²) in [5.41, 5.74) is 3.56. The first-order valence-corrected chi connectivity index (χ1v) is 6.16. The molecule has 0 bridgehead atoms. The normalized spacial score (nSPS) is 12.3. The number of hydrogen-bond donors (Lipinski definition) is 3. The summed E-state index contributed by atoms with van der Waals surface area (Å²) >= 11 is 0. The van der Waals surface area contributed by atoms with Crippen LogP contribution in [0.15, 0.2) is 0 Å². The number of anilines is 2. The van der Waals surface area contributed by atoms with Crippen molar-refractivity contribution in [2.24, 2.45) is 5.84 Å². The highest BCUT2D eigenvalue weighted by atomic mass is 15.3. The molecule has 1 heterocycles. The molecular formula is C12H23N5. The minimum Gasteiger partial charge on any atom is -0.367 e. The Kier molecular flexibility index (Phi) is 5.15. The maximum Gasteiger partial charge on any atom is 0.148 e. The molecule has 1 unspecified atom stereocenters. The first-order valence-electron chi connectivity index (χ1n) is 6.16. The molecule has 0 saturated heterocycles. The SMILES string of the molecule is CCCCC(C)Nc1nc(C)nc(NN)c1C. The zero-order chi connectivity index (χ0) is 12.8. The average Bonchev–Trinajstić information content (AvgIpc) is 2.30. The fourth-order valence-corrected chi connectivity index (χ4v) is 1.73. The van der Waals surface area contributed by atoms with E-state index in [9.17, 15) is 0 Å². The third-order valence-electron chi connectivity index (χ3n) is 2.77. The lowest BCUT2D eigenvalue weighted by Gasteiger charge is -2.17. The van der Waals surface area contributed by atoms with Crippen LogP contribution >= 0.6 is 0 Å². The Morgan fingerprint density at radius 2 is 1.88 bits per heavy atom. The van der Waals surface area contributed by atoms with Crippen molar-refractivity contribution in [1.29, 1.82) is 0 Å². The van der Waals surface area contributed by atoms with Crippen molar-refractivity contribution in [1.82, 2.24) is 9.97 Å². The maximum absolute atomic E-state index is 5.43. The molecule has 1 atom stereocenters. The van der Waals surface area contributed by atoms with Crippen LogP contribution in [-0.4, -0.2) is 16.0 Å². The van der Waals surface area contributed by atoms with Crippen molar-refractivity contribution in [3.8, 4) is 0 Å². The monoisotopic (exact) mass is 237 g/mol. The molecule has 4 N–H and O–H groups in total. The molecular weight excluding hydrogens is 214 g/mol. The van der Waals surface area contributed by atoms with Gasteiger partial charge in [-0.3, -0.25) is 0 Å². The summed E-state index contributed by atoms with van der Waals surface area (Å²) in [6.07, 6.45) is 3.58. The molecule has 96 valence electrons. The Labute approximate surface area is 103 Å². The summed E-state index contributed by atoms with van der Waals surface area (Å²) < 4.78 is 0. The van der Waals surface area contributed by atoms with Gasteiger partial charge < -0.3 is 10.7 Å². The second-order valence-electron chi connectivity index (χ2n) is 4.42. The second kappa shape index (κ2) is 6.39. The first kappa shape index (κ1) is 13.7. The van der Waals surface area contributed by atoms with Gasteiger partial charge in [0.1, 0.15) is 17.5 Å². The fourth-order valence-electron chi connectivity index (χ4n) is 1.73. The van der Waals surface area contributed by atoms with Crippen LogP contribution < -0.4 is 16.6 Å². The summed E-state index contributed by atoms with van der Waals surface area (Å²) in [7, 11) is 0. The number of nitrogens with zero attached hydrogens (tertiary/aromatic N) is 2. The maximum atomic E-state index is 5.43. The lowest BCUT2D eigenvalue weighted by Crippen LogP contribution is -2.19. The fraction of sp³-hybridized carbons (Fsp3) is 0.667. The van der Waals surface area contributed by atoms with Gasteiger partial charge >= 0.3 is 0 Å². The standard InChI is InChI=1S/C12H23N5/c1-5-6-7-8(2)14-11-9(3)12(17-13)16-10(4)15-11/h8H,5-7,13H2,1-4H3,(H2,14,15,16,17). The van der Waals surface area contributed by atoms with Gasteiger partial charge in [-0.15, -0.1) is 0 Å². The summed E-state index contributed by atoms with van der Waals surface area (Å²) in [6.45, 7) is 8.19. The highest BCUT2D eigenvalue weighted by molar-refractivity contribution is 5.56. The molecule has 0 amide bonds. The summed E-state index contributed by atoms with van der Waals surface area (Å²) in [6, 6.07) is 0.411. The van der Waals surface area contributed by atoms with E-state index in [1.165, 1.54) is 12.8 Å². The van der Waals surface area contributed by atoms with Gasteiger partial charge in [0.05, 0.1) is 0 Å². The molecule has 1 aromatic rings. The number of aryl methyl sites for hydroxylation is 1. The van der Waals surface area contributed by atoms with Gasteiger partial charge in [-0.25, -0.2) is 15.8 Å². The molecule has 1 aromatic heterocycles. The molecule has 0 spiro atoms. The predicted molar refractivity (Wildman–Crippen MR) is 71.9 cm³/mol. The molecule has 0 aliphatic heterocycles. The minimum absolute atomic E-state index is 0.411. The minimum atomic E-state index is 0.411. The molecule has 0 fully saturated rings. The Balaban J connectivity index is 2.79. The predicted octanol–water partition coefficient (Wildman–Crippen LogP) is 2.37. The average molecular weight is 237 g/mol. The Morgan fingerprint density at radius 1 is 1.24 bits per heavy atom. The highest BCUT2D eigenvalue weighted by Crippen LogP contribution is 2.20. The lowest BCUT2D eigenvalue weighted by molar-refractivity contribution is 0.642. The van der Waals surface area contributed by atoms with Gasteiger partial charge in [-0.05, 0) is 27.2 Å². The van der Waals surface area contributed by atoms with E-state index in [1.807, 2.05) is 13.8 Å². The van der Waals surface area contributed by atoms with E-state index in [-0.39, 0.29) is 0 Å². The topological polar surface area (TPSA) is 75.9 Å². The van der Waals surface area contributed by atoms with Crippen molar-refractivity contribution >= 4 is 11.6 Å². The molecule has 0 saturated carbocycles. The molecule has 1 rings (SSSR count). The zero-order valence-electron chi connectivity index (χ0n) is 11.2. The third kappa shape index (κ3) is 3.85. The second-order valence-corrected chi connectivity index (χ2v) is 4.42. The van der Waals surface area contributed by atoms with E-state index in [4.69, 9.17) is 5.84 Å². The first-order chi connectivity index (χ1) is 8.08. The van der Waals surface area contributed by atoms with E-state index in [0.717, 1.165) is 17.8 Å². The third-order valence-corrected chi connectivity index (χ3v) is 2.77. The van der Waals surface area contributed by atoms with Crippen molar-refractivity contribution < 1.29 is 0 Å².